The van der Waals surface area contributed by atoms with E-state index in [-0.39, 0.29) is 61.3 Å². The van der Waals surface area contributed by atoms with Gasteiger partial charge in [-0.1, -0.05) is 25.1 Å². The number of nitro benzene ring substituents is 1. The second kappa shape index (κ2) is 13.6. The summed E-state index contributed by atoms with van der Waals surface area (Å²) in [6, 6.07) is 11.2. The van der Waals surface area contributed by atoms with Crippen molar-refractivity contribution in [1.82, 2.24) is 5.43 Å². The fourth-order valence-corrected chi connectivity index (χ4v) is 2.65. The number of hydrogen-bond donors (Lipinski definition) is 2. The Bertz CT molecular complexity index is 982. The lowest BCUT2D eigenvalue weighted by molar-refractivity contribution is -0.684. The number of rotatable bonds is 11. The number of Topliss-reactive ketones (excluding diaryl/α,β-unsaturated/α-hetero) is 1. The number of hydrogen-bond acceptors (Lipinski definition) is 6. The maximum Gasteiger partial charge on any atom is 0.305 e. The van der Waals surface area contributed by atoms with Gasteiger partial charge in [-0.3, -0.25) is 24.5 Å². The Labute approximate surface area is 191 Å². The minimum absolute atomic E-state index is 0. The molecule has 1 heterocycles. The van der Waals surface area contributed by atoms with E-state index in [1.54, 1.807) is 35.2 Å². The number of para-hydroxylation sites is 2. The van der Waals surface area contributed by atoms with E-state index in [2.05, 4.69) is 15.8 Å². The Morgan fingerprint density at radius 3 is 2.38 bits per heavy atom. The molecular weight excluding hydrogens is 438 g/mol. The van der Waals surface area contributed by atoms with Crippen LogP contribution in [0.5, 0.6) is 0 Å². The summed E-state index contributed by atoms with van der Waals surface area (Å²) in [5.74, 6) is -1.03. The number of anilines is 1. The largest absolute Gasteiger partial charge is 1.00 e. The Kier molecular flexibility index (Phi) is 11.2. The number of amides is 2. The molecule has 0 spiro atoms. The van der Waals surface area contributed by atoms with Crippen LogP contribution in [0, 0.1) is 10.1 Å². The fraction of sp³-hybridized carbons (Fsp3) is 0.286. The van der Waals surface area contributed by atoms with Crippen molar-refractivity contribution in [2.24, 2.45) is 5.10 Å². The van der Waals surface area contributed by atoms with Gasteiger partial charge in [0.15, 0.2) is 12.4 Å². The number of nitrogens with zero attached hydrogens (tertiary/aromatic N) is 3. The highest BCUT2D eigenvalue weighted by molar-refractivity contribution is 6.03. The molecule has 2 N–H and O–H groups in total. The number of hydrazone groups is 1. The summed E-state index contributed by atoms with van der Waals surface area (Å²) in [6.07, 6.45) is 3.82. The highest BCUT2D eigenvalue weighted by Crippen LogP contribution is 2.23. The highest BCUT2D eigenvalue weighted by Gasteiger charge is 2.16. The minimum Gasteiger partial charge on any atom is -1.00 e. The SMILES string of the molecule is CCC(CC(=O)CCC(=O)Nc1ccccc1[N+](=O)[O-])=NNC(=O)C[n+]1ccccc1.[Cl-]. The van der Waals surface area contributed by atoms with E-state index in [0.717, 1.165) is 0 Å². The number of carbonyl (C=O) groups is 3. The third-order valence-electron chi connectivity index (χ3n) is 4.26. The number of halogens is 1. The molecule has 0 saturated heterocycles. The van der Waals surface area contributed by atoms with Gasteiger partial charge in [0.1, 0.15) is 11.5 Å². The molecule has 11 heteroatoms. The lowest BCUT2D eigenvalue weighted by atomic mass is 10.1. The minimum atomic E-state index is -0.588. The standard InChI is InChI=1S/C21H23N5O5.ClH/c1-2-16(23-24-21(29)15-25-12-6-3-7-13-25)14-17(27)10-11-20(28)22-18-8-4-5-9-19(18)26(30)31;/h3-9,12-13H,2,10-11,14-15H2,1H3,(H-,22,24,28,29);1H. The first-order valence-corrected chi connectivity index (χ1v) is 9.72. The Hall–Kier alpha value is -3.66. The molecule has 2 amide bonds. The monoisotopic (exact) mass is 461 g/mol. The van der Waals surface area contributed by atoms with Crippen LogP contribution in [0.25, 0.3) is 0 Å². The van der Waals surface area contributed by atoms with Gasteiger partial charge in [0, 0.05) is 43.2 Å². The summed E-state index contributed by atoms with van der Waals surface area (Å²) in [4.78, 5) is 46.6. The number of nitro groups is 1. The molecule has 0 fully saturated rings. The van der Waals surface area contributed by atoms with E-state index < -0.39 is 10.8 Å². The van der Waals surface area contributed by atoms with Crippen LogP contribution in [0.4, 0.5) is 11.4 Å². The predicted molar refractivity (Wildman–Crippen MR) is 113 cm³/mol. The molecular formula is C21H24ClN5O5. The molecule has 2 aromatic rings. The third-order valence-corrected chi connectivity index (χ3v) is 4.26. The summed E-state index contributed by atoms with van der Waals surface area (Å²) >= 11 is 0. The van der Waals surface area contributed by atoms with Crippen molar-refractivity contribution in [3.05, 3.63) is 65.0 Å². The lowest BCUT2D eigenvalue weighted by Crippen LogP contribution is -3.00. The molecule has 10 nitrogen and oxygen atoms in total. The van der Waals surface area contributed by atoms with Crippen LogP contribution in [0.2, 0.25) is 0 Å². The topological polar surface area (TPSA) is 135 Å². The number of nitrogens with one attached hydrogen (secondary N) is 2. The van der Waals surface area contributed by atoms with Gasteiger partial charge in [-0.05, 0) is 12.5 Å². The van der Waals surface area contributed by atoms with Gasteiger partial charge in [-0.2, -0.15) is 9.67 Å². The lowest BCUT2D eigenvalue weighted by Gasteiger charge is -2.06. The number of ketones is 1. The Morgan fingerprint density at radius 2 is 1.72 bits per heavy atom. The molecule has 0 radical (unpaired) electrons. The smallest absolute Gasteiger partial charge is 0.305 e. The average molecular weight is 462 g/mol. The van der Waals surface area contributed by atoms with E-state index >= 15 is 0 Å². The average Bonchev–Trinajstić information content (AvgIpc) is 2.76. The number of pyridine rings is 1. The van der Waals surface area contributed by atoms with Crippen molar-refractivity contribution in [3.8, 4) is 0 Å². The highest BCUT2D eigenvalue weighted by atomic mass is 35.5. The molecule has 0 saturated carbocycles. The first-order chi connectivity index (χ1) is 14.9. The number of aromatic nitrogens is 1. The van der Waals surface area contributed by atoms with Crippen LogP contribution in [0.1, 0.15) is 32.6 Å². The third kappa shape index (κ3) is 9.00. The summed E-state index contributed by atoms with van der Waals surface area (Å²) < 4.78 is 1.69. The summed E-state index contributed by atoms with van der Waals surface area (Å²) in [6.45, 7) is 1.91. The van der Waals surface area contributed by atoms with Gasteiger partial charge in [-0.25, -0.2) is 5.43 Å². The zero-order valence-corrected chi connectivity index (χ0v) is 18.2. The van der Waals surface area contributed by atoms with Crippen molar-refractivity contribution in [1.29, 1.82) is 0 Å². The first-order valence-electron chi connectivity index (χ1n) is 9.72. The van der Waals surface area contributed by atoms with Crippen molar-refractivity contribution in [2.45, 2.75) is 39.2 Å². The second-order valence-corrected chi connectivity index (χ2v) is 6.65. The molecule has 0 unspecified atom stereocenters. The van der Waals surface area contributed by atoms with Gasteiger partial charge in [0.2, 0.25) is 12.5 Å². The molecule has 2 rings (SSSR count). The first kappa shape index (κ1) is 26.4. The summed E-state index contributed by atoms with van der Waals surface area (Å²) in [5.41, 5.74) is 2.80. The maximum absolute atomic E-state index is 12.2. The van der Waals surface area contributed by atoms with Gasteiger partial charge in [-0.15, -0.1) is 0 Å². The summed E-state index contributed by atoms with van der Waals surface area (Å²) in [5, 5.41) is 17.5. The molecule has 0 aliphatic carbocycles. The zero-order chi connectivity index (χ0) is 22.6. The van der Waals surface area contributed by atoms with Crippen LogP contribution in [0.15, 0.2) is 60.0 Å². The molecule has 32 heavy (non-hydrogen) atoms. The molecule has 0 aliphatic heterocycles. The molecule has 170 valence electrons. The second-order valence-electron chi connectivity index (χ2n) is 6.65. The van der Waals surface area contributed by atoms with Crippen molar-refractivity contribution >= 4 is 34.7 Å². The van der Waals surface area contributed by atoms with Gasteiger partial charge in [0.05, 0.1) is 4.92 Å². The molecule has 0 aliphatic rings. The predicted octanol–water partition coefficient (Wildman–Crippen LogP) is -0.853. The maximum atomic E-state index is 12.2. The van der Waals surface area contributed by atoms with Crippen LogP contribution >= 0.6 is 0 Å². The zero-order valence-electron chi connectivity index (χ0n) is 17.5. The molecule has 1 aromatic heterocycles. The number of carbonyl (C=O) groups excluding carboxylic acids is 3. The molecule has 0 atom stereocenters. The van der Waals surface area contributed by atoms with Crippen molar-refractivity contribution in [3.63, 3.8) is 0 Å². The van der Waals surface area contributed by atoms with E-state index in [9.17, 15) is 24.5 Å². The van der Waals surface area contributed by atoms with E-state index in [1.165, 1.54) is 18.2 Å². The van der Waals surface area contributed by atoms with Crippen molar-refractivity contribution in [2.75, 3.05) is 5.32 Å². The molecule has 0 bridgehead atoms. The van der Waals surface area contributed by atoms with Crippen LogP contribution in [0.3, 0.4) is 0 Å². The van der Waals surface area contributed by atoms with Crippen LogP contribution in [-0.2, 0) is 20.9 Å². The fourth-order valence-electron chi connectivity index (χ4n) is 2.65. The quantitative estimate of drug-likeness (QED) is 0.194. The van der Waals surface area contributed by atoms with Crippen LogP contribution in [-0.4, -0.2) is 28.2 Å². The van der Waals surface area contributed by atoms with Gasteiger partial charge < -0.3 is 17.7 Å². The van der Waals surface area contributed by atoms with E-state index in [4.69, 9.17) is 0 Å². The Balaban J connectivity index is 0.00000512. The van der Waals surface area contributed by atoms with Gasteiger partial charge >= 0.3 is 5.91 Å². The van der Waals surface area contributed by atoms with E-state index in [0.29, 0.717) is 12.1 Å². The van der Waals surface area contributed by atoms with Gasteiger partial charge in [0.25, 0.3) is 5.69 Å². The van der Waals surface area contributed by atoms with E-state index in [1.807, 2.05) is 13.0 Å². The number of benzene rings is 1. The summed E-state index contributed by atoms with van der Waals surface area (Å²) in [7, 11) is 0. The molecule has 1 aromatic carbocycles. The Morgan fingerprint density at radius 1 is 1.03 bits per heavy atom. The van der Waals surface area contributed by atoms with Crippen LogP contribution < -0.4 is 27.7 Å². The van der Waals surface area contributed by atoms with Crippen molar-refractivity contribution < 1.29 is 36.3 Å². The normalized spacial score (nSPS) is 10.6.